The number of aryl methyl sites for hydroxylation is 12. The third kappa shape index (κ3) is 57.0. The summed E-state index contributed by atoms with van der Waals surface area (Å²) in [6.45, 7) is 51.9. The molecule has 0 radical (unpaired) electrons. The third-order valence-electron chi connectivity index (χ3n) is 21.5. The molecule has 0 nitrogen and oxygen atoms in total. The Bertz CT molecular complexity index is 2370. The molecule has 0 bridgehead atoms. The Labute approximate surface area is 642 Å². The van der Waals surface area contributed by atoms with Crippen LogP contribution in [0.3, 0.4) is 0 Å². The maximum Gasteiger partial charge on any atom is 0.126 e. The van der Waals surface area contributed by atoms with Crippen LogP contribution in [0.15, 0.2) is 127 Å². The van der Waals surface area contributed by atoms with E-state index in [0.717, 1.165) is 87.7 Å². The van der Waals surface area contributed by atoms with Gasteiger partial charge in [0, 0.05) is 0 Å². The molecule has 590 valence electrons. The Kier molecular flexibility index (Phi) is 62.0. The molecule has 12 rings (SSSR count). The van der Waals surface area contributed by atoms with Crippen molar-refractivity contribution in [2.75, 3.05) is 0 Å². The Morgan fingerprint density at radius 3 is 0.330 bits per heavy atom. The molecular formula is C100H169F3. The van der Waals surface area contributed by atoms with E-state index in [1.165, 1.54) is 206 Å². The SMILES string of the molecule is C.C.C.C.CC1CCC(C)CC1.CC1CCC(C)CC1.CC1CCC(C)CC1.CC1CCC(C)CC1.CC1CCC(C)CC1.CC1CCC(C)CC1.Cc1ccc(C)c(F)c1.Cc1ccc(C)c(F)c1.Cc1ccc(C)c(F)c1.Cc1ccc(C)cc1.Cc1ccc(C)cc1.Cc1ccc(C)cc1. The van der Waals surface area contributed by atoms with Gasteiger partial charge in [-0.15, -0.1) is 0 Å². The largest absolute Gasteiger partial charge is 0.207 e. The first-order valence-electron chi connectivity index (χ1n) is 40.0. The van der Waals surface area contributed by atoms with Crippen LogP contribution >= 0.6 is 0 Å². The lowest BCUT2D eigenvalue weighted by atomic mass is 9.84. The van der Waals surface area contributed by atoms with Crippen molar-refractivity contribution in [2.24, 2.45) is 71.0 Å². The minimum Gasteiger partial charge on any atom is -0.207 e. The lowest BCUT2D eigenvalue weighted by Crippen LogP contribution is -2.08. The van der Waals surface area contributed by atoms with Crippen molar-refractivity contribution in [3.8, 4) is 0 Å². The van der Waals surface area contributed by atoms with Crippen molar-refractivity contribution in [3.05, 3.63) is 212 Å². The monoisotopic (exact) mass is 1430 g/mol. The van der Waals surface area contributed by atoms with Crippen molar-refractivity contribution in [2.45, 2.75) is 350 Å². The van der Waals surface area contributed by atoms with E-state index in [1.807, 2.05) is 39.0 Å². The molecule has 6 aliphatic rings. The van der Waals surface area contributed by atoms with Crippen LogP contribution in [0.4, 0.5) is 13.2 Å². The second kappa shape index (κ2) is 61.2. The van der Waals surface area contributed by atoms with Gasteiger partial charge in [-0.2, -0.15) is 0 Å². The van der Waals surface area contributed by atoms with Gasteiger partial charge >= 0.3 is 0 Å². The summed E-state index contributed by atoms with van der Waals surface area (Å²) < 4.78 is 37.7. The molecule has 0 spiro atoms. The Balaban J connectivity index is -0.000000517. The molecule has 0 heterocycles. The highest BCUT2D eigenvalue weighted by molar-refractivity contribution is 5.24. The van der Waals surface area contributed by atoms with E-state index in [2.05, 4.69) is 197 Å². The first-order valence-corrected chi connectivity index (χ1v) is 40.0. The molecule has 0 aliphatic heterocycles. The highest BCUT2D eigenvalue weighted by Crippen LogP contribution is 2.31. The van der Waals surface area contributed by atoms with E-state index in [0.29, 0.717) is 16.7 Å². The second-order valence-corrected chi connectivity index (χ2v) is 33.4. The van der Waals surface area contributed by atoms with E-state index < -0.39 is 0 Å². The van der Waals surface area contributed by atoms with Crippen LogP contribution in [-0.2, 0) is 0 Å². The first kappa shape index (κ1) is 104. The normalized spacial score (nSPS) is 23.2. The van der Waals surface area contributed by atoms with Crippen LogP contribution in [0.5, 0.6) is 0 Å². The van der Waals surface area contributed by atoms with E-state index in [-0.39, 0.29) is 47.2 Å². The molecule has 0 N–H and O–H groups in total. The average molecular weight is 1430 g/mol. The van der Waals surface area contributed by atoms with Gasteiger partial charge in [-0.05, 0) is 206 Å². The van der Waals surface area contributed by atoms with Crippen LogP contribution in [0.1, 0.15) is 334 Å². The second-order valence-electron chi connectivity index (χ2n) is 33.4. The molecule has 0 aromatic heterocycles. The molecule has 6 saturated carbocycles. The molecule has 6 aromatic rings. The number of hydrogen-bond acceptors (Lipinski definition) is 0. The molecule has 0 saturated heterocycles. The summed E-state index contributed by atoms with van der Waals surface area (Å²) in [4.78, 5) is 0. The highest BCUT2D eigenvalue weighted by Gasteiger charge is 2.17. The van der Waals surface area contributed by atoms with Gasteiger partial charge in [0.2, 0.25) is 0 Å². The summed E-state index contributed by atoms with van der Waals surface area (Å²) in [6, 6.07) is 41.1. The maximum atomic E-state index is 12.6. The van der Waals surface area contributed by atoms with Gasteiger partial charge < -0.3 is 0 Å². The van der Waals surface area contributed by atoms with Crippen LogP contribution in [0, 0.1) is 172 Å². The summed E-state index contributed by atoms with van der Waals surface area (Å²) in [5.41, 5.74) is 13.0. The zero-order chi connectivity index (χ0) is 74.4. The molecule has 0 amide bonds. The van der Waals surface area contributed by atoms with Gasteiger partial charge in [0.25, 0.3) is 0 Å². The van der Waals surface area contributed by atoms with E-state index in [4.69, 9.17) is 0 Å². The van der Waals surface area contributed by atoms with Gasteiger partial charge in [0.1, 0.15) is 17.5 Å². The number of halogens is 3. The molecule has 3 heteroatoms. The number of hydrogen-bond donors (Lipinski definition) is 0. The Hall–Kier alpha value is -4.89. The molecule has 103 heavy (non-hydrogen) atoms. The molecule has 0 atom stereocenters. The fourth-order valence-corrected chi connectivity index (χ4v) is 12.6. The van der Waals surface area contributed by atoms with Crippen molar-refractivity contribution >= 4 is 0 Å². The molecular weight excluding hydrogens is 1260 g/mol. The molecule has 0 unspecified atom stereocenters. The van der Waals surface area contributed by atoms with Crippen molar-refractivity contribution in [3.63, 3.8) is 0 Å². The van der Waals surface area contributed by atoms with Crippen molar-refractivity contribution in [1.82, 2.24) is 0 Å². The Morgan fingerprint density at radius 2 is 0.252 bits per heavy atom. The van der Waals surface area contributed by atoms with Gasteiger partial charge in [-0.1, -0.05) is 409 Å². The topological polar surface area (TPSA) is 0 Å². The molecule has 6 aromatic carbocycles. The van der Waals surface area contributed by atoms with Gasteiger partial charge in [-0.25, -0.2) is 13.2 Å². The number of benzene rings is 6. The third-order valence-corrected chi connectivity index (χ3v) is 21.5. The minimum atomic E-state index is -0.116. The number of rotatable bonds is 0. The van der Waals surface area contributed by atoms with Crippen LogP contribution in [0.25, 0.3) is 0 Å². The summed E-state index contributed by atoms with van der Waals surface area (Å²) in [5.74, 6) is 11.9. The maximum absolute atomic E-state index is 12.6. The molecule has 6 aliphatic carbocycles. The lowest BCUT2D eigenvalue weighted by molar-refractivity contribution is 0.308. The van der Waals surface area contributed by atoms with E-state index in [9.17, 15) is 13.2 Å². The summed E-state index contributed by atoms with van der Waals surface area (Å²) in [7, 11) is 0. The predicted molar refractivity (Wildman–Crippen MR) is 463 cm³/mol. The zero-order valence-electron chi connectivity index (χ0n) is 68.7. The van der Waals surface area contributed by atoms with Gasteiger partial charge in [0.15, 0.2) is 0 Å². The standard InChI is InChI=1S/3C8H9F.6C8H16.3C8H10.4CH4/c3*1-6-3-4-7(2)8(9)5-6;9*1-7-3-5-8(2)6-4-7;;;;/h3*3-5H,1-2H3;6*7-8H,3-6H2,1-2H3;3*3-6H,1-2H3;4*1H4. The molecule has 6 fully saturated rings. The summed E-state index contributed by atoms with van der Waals surface area (Å²) in [5, 5.41) is 0. The Morgan fingerprint density at radius 1 is 0.165 bits per heavy atom. The van der Waals surface area contributed by atoms with E-state index in [1.54, 1.807) is 39.0 Å². The van der Waals surface area contributed by atoms with Crippen molar-refractivity contribution < 1.29 is 13.2 Å². The van der Waals surface area contributed by atoms with Crippen LogP contribution in [-0.4, -0.2) is 0 Å². The fraction of sp³-hybridized carbons (Fsp3) is 0.640. The quantitative estimate of drug-likeness (QED) is 0.142. The lowest BCUT2D eigenvalue weighted by Gasteiger charge is -2.22. The summed E-state index contributed by atoms with van der Waals surface area (Å²) in [6.07, 6.45) is 35.4. The first-order chi connectivity index (χ1) is 46.7. The van der Waals surface area contributed by atoms with E-state index >= 15 is 0 Å². The zero-order valence-corrected chi connectivity index (χ0v) is 68.7. The fourth-order valence-electron chi connectivity index (χ4n) is 12.6. The minimum absolute atomic E-state index is 0. The average Bonchev–Trinajstić information content (AvgIpc) is 0.914. The predicted octanol–water partition coefficient (Wildman–Crippen LogP) is 33.8. The van der Waals surface area contributed by atoms with Gasteiger partial charge in [0.05, 0.1) is 0 Å². The van der Waals surface area contributed by atoms with Gasteiger partial charge in [-0.3, -0.25) is 0 Å². The van der Waals surface area contributed by atoms with Crippen LogP contribution < -0.4 is 0 Å². The smallest absolute Gasteiger partial charge is 0.126 e. The van der Waals surface area contributed by atoms with Crippen LogP contribution in [0.2, 0.25) is 0 Å². The van der Waals surface area contributed by atoms with Crippen molar-refractivity contribution in [1.29, 1.82) is 0 Å². The highest BCUT2D eigenvalue weighted by atomic mass is 19.1. The summed E-state index contributed by atoms with van der Waals surface area (Å²) >= 11 is 0.